The van der Waals surface area contributed by atoms with Gasteiger partial charge in [-0.05, 0) is 35.9 Å². The van der Waals surface area contributed by atoms with Crippen molar-refractivity contribution in [2.24, 2.45) is 17.6 Å². The Morgan fingerprint density at radius 1 is 1.15 bits per heavy atom. The largest absolute Gasteiger partial charge is 0.480 e. The number of aromatic nitrogens is 1. The number of nitrogens with zero attached hydrogens (tertiary/aromatic N) is 2. The Kier molecular flexibility index (Phi) is 8.32. The number of carbonyl (C=O) groups excluding carboxylic acids is 2. The first-order valence-corrected chi connectivity index (χ1v) is 13.4. The highest BCUT2D eigenvalue weighted by Gasteiger charge is 2.34. The molecule has 9 nitrogen and oxygen atoms in total. The molecule has 218 valence electrons. The fraction of sp³-hybridized carbons (Fsp3) is 0.414. The maximum absolute atomic E-state index is 13.0. The van der Waals surface area contributed by atoms with E-state index in [-0.39, 0.29) is 29.2 Å². The number of primary amides is 1. The zero-order valence-electron chi connectivity index (χ0n) is 22.4. The summed E-state index contributed by atoms with van der Waals surface area (Å²) in [6.45, 7) is 5.76. The second-order valence-electron chi connectivity index (χ2n) is 10.2. The van der Waals surface area contributed by atoms with Crippen LogP contribution in [0.25, 0.3) is 5.57 Å². The molecule has 5 rings (SSSR count). The van der Waals surface area contributed by atoms with Gasteiger partial charge >= 0.3 is 6.18 Å². The monoisotopic (exact) mass is 572 g/mol. The minimum absolute atomic E-state index is 0.00496. The summed E-state index contributed by atoms with van der Waals surface area (Å²) in [6.07, 6.45) is -1.03. The number of benzene rings is 1. The van der Waals surface area contributed by atoms with Crippen molar-refractivity contribution in [3.05, 3.63) is 71.3 Å². The van der Waals surface area contributed by atoms with Crippen LogP contribution in [0.3, 0.4) is 0 Å². The first-order chi connectivity index (χ1) is 19.6. The molecular formula is C29H31F3N4O5. The topological polar surface area (TPSA) is 116 Å². The van der Waals surface area contributed by atoms with E-state index in [0.29, 0.717) is 49.9 Å². The molecule has 41 heavy (non-hydrogen) atoms. The van der Waals surface area contributed by atoms with Crippen LogP contribution in [-0.4, -0.2) is 67.2 Å². The Balaban J connectivity index is 1.48. The average molecular weight is 573 g/mol. The van der Waals surface area contributed by atoms with Gasteiger partial charge < -0.3 is 25.3 Å². The highest BCUT2D eigenvalue weighted by Crippen LogP contribution is 2.39. The molecule has 2 saturated heterocycles. The number of ether oxygens (including phenoxy) is 3. The van der Waals surface area contributed by atoms with Gasteiger partial charge in [-0.25, -0.2) is 4.98 Å². The van der Waals surface area contributed by atoms with E-state index in [4.69, 9.17) is 19.9 Å². The quantitative estimate of drug-likeness (QED) is 0.498. The van der Waals surface area contributed by atoms with E-state index in [1.54, 1.807) is 12.1 Å². The van der Waals surface area contributed by atoms with Gasteiger partial charge in [-0.3, -0.25) is 14.5 Å². The lowest BCUT2D eigenvalue weighted by molar-refractivity contribution is -0.137. The number of nitrogens with one attached hydrogen (secondary N) is 1. The third kappa shape index (κ3) is 6.71. The van der Waals surface area contributed by atoms with Gasteiger partial charge in [0.05, 0.1) is 24.5 Å². The van der Waals surface area contributed by atoms with Crippen LogP contribution in [-0.2, 0) is 15.7 Å². The van der Waals surface area contributed by atoms with Crippen LogP contribution < -0.4 is 20.5 Å². The van der Waals surface area contributed by atoms with Crippen LogP contribution in [0.5, 0.6) is 11.5 Å². The number of amides is 2. The fourth-order valence-electron chi connectivity index (χ4n) is 5.18. The van der Waals surface area contributed by atoms with Crippen LogP contribution in [0.2, 0.25) is 0 Å². The standard InChI is InChI=1S/C29H31F3N4O5/c1-17-22(16-36-10-12-39-13-11-36)21(6-7-25(17)40-19-4-2-18(3-5-19)29(30,31)32)23-14-20(15-24(35-23)27(33)37)41-26-8-9-34-28(26)38/h2-7,14-15,17,22,26H,8-13,16H2,1H3,(H2,33,37)(H,34,38)/t17?,22?,26-/m0/s1. The normalized spacial score (nSPS) is 23.4. The van der Waals surface area contributed by atoms with Crippen LogP contribution in [0, 0.1) is 11.8 Å². The van der Waals surface area contributed by atoms with E-state index < -0.39 is 23.8 Å². The zero-order valence-corrected chi connectivity index (χ0v) is 22.4. The van der Waals surface area contributed by atoms with E-state index in [1.807, 2.05) is 13.0 Å². The third-order valence-corrected chi connectivity index (χ3v) is 7.48. The summed E-state index contributed by atoms with van der Waals surface area (Å²) in [5.41, 5.74) is 6.13. The van der Waals surface area contributed by atoms with E-state index in [9.17, 15) is 22.8 Å². The number of allylic oxidation sites excluding steroid dienone is 3. The lowest BCUT2D eigenvalue weighted by Gasteiger charge is -2.36. The number of morpholine rings is 1. The molecule has 1 aromatic carbocycles. The molecule has 3 N–H and O–H groups in total. The summed E-state index contributed by atoms with van der Waals surface area (Å²) >= 11 is 0. The molecule has 2 fully saturated rings. The van der Waals surface area contributed by atoms with Crippen molar-refractivity contribution in [3.63, 3.8) is 0 Å². The number of alkyl halides is 3. The third-order valence-electron chi connectivity index (χ3n) is 7.48. The summed E-state index contributed by atoms with van der Waals surface area (Å²) in [5.74, 6) is -0.157. The number of pyridine rings is 1. The van der Waals surface area contributed by atoms with Gasteiger partial charge in [0.1, 0.15) is 23.0 Å². The molecule has 1 aromatic heterocycles. The van der Waals surface area contributed by atoms with Crippen LogP contribution >= 0.6 is 0 Å². The van der Waals surface area contributed by atoms with Crippen molar-refractivity contribution in [3.8, 4) is 11.5 Å². The summed E-state index contributed by atoms with van der Waals surface area (Å²) in [6, 6.07) is 7.69. The van der Waals surface area contributed by atoms with E-state index >= 15 is 0 Å². The second kappa shape index (κ2) is 11.9. The average Bonchev–Trinajstić information content (AvgIpc) is 3.35. The van der Waals surface area contributed by atoms with Gasteiger partial charge in [0.25, 0.3) is 11.8 Å². The Morgan fingerprint density at radius 2 is 1.88 bits per heavy atom. The molecule has 0 bridgehead atoms. The molecule has 0 spiro atoms. The Morgan fingerprint density at radius 3 is 2.51 bits per heavy atom. The molecule has 12 heteroatoms. The number of hydrogen-bond donors (Lipinski definition) is 2. The van der Waals surface area contributed by atoms with Gasteiger partial charge in [0.2, 0.25) is 0 Å². The van der Waals surface area contributed by atoms with E-state index in [2.05, 4.69) is 15.2 Å². The Labute approximate surface area is 235 Å². The SMILES string of the molecule is CC1C(Oc2ccc(C(F)(F)F)cc2)=CC=C(c2cc(O[C@H]3CCNC3=O)cc(C(N)=O)n2)C1CN1CCOCC1. The molecule has 2 aromatic rings. The molecule has 2 amide bonds. The van der Waals surface area contributed by atoms with E-state index in [1.165, 1.54) is 18.2 Å². The summed E-state index contributed by atoms with van der Waals surface area (Å²) in [4.78, 5) is 31.1. The minimum atomic E-state index is -4.44. The van der Waals surface area contributed by atoms with Gasteiger partial charge in [-0.15, -0.1) is 0 Å². The second-order valence-corrected chi connectivity index (χ2v) is 10.2. The molecule has 1 aliphatic carbocycles. The van der Waals surface area contributed by atoms with Gasteiger partial charge in [0, 0.05) is 56.6 Å². The maximum Gasteiger partial charge on any atom is 0.416 e. The summed E-state index contributed by atoms with van der Waals surface area (Å²) < 4.78 is 56.6. The lowest BCUT2D eigenvalue weighted by Crippen LogP contribution is -2.41. The molecule has 3 atom stereocenters. The Hall–Kier alpha value is -3.90. The van der Waals surface area contributed by atoms with Crippen LogP contribution in [0.4, 0.5) is 13.2 Å². The highest BCUT2D eigenvalue weighted by molar-refractivity contribution is 5.92. The molecule has 2 aliphatic heterocycles. The summed E-state index contributed by atoms with van der Waals surface area (Å²) in [5, 5.41) is 2.72. The van der Waals surface area contributed by atoms with Crippen molar-refractivity contribution in [2.45, 2.75) is 25.6 Å². The van der Waals surface area contributed by atoms with Crippen molar-refractivity contribution in [1.29, 1.82) is 0 Å². The highest BCUT2D eigenvalue weighted by atomic mass is 19.4. The maximum atomic E-state index is 13.0. The number of nitrogens with two attached hydrogens (primary N) is 1. The first kappa shape index (κ1) is 28.6. The van der Waals surface area contributed by atoms with Gasteiger partial charge in [-0.1, -0.05) is 13.0 Å². The zero-order chi connectivity index (χ0) is 29.1. The van der Waals surface area contributed by atoms with Crippen molar-refractivity contribution >= 4 is 17.4 Å². The van der Waals surface area contributed by atoms with Crippen molar-refractivity contribution < 1.29 is 37.0 Å². The fourth-order valence-corrected chi connectivity index (χ4v) is 5.18. The predicted octanol–water partition coefficient (Wildman–Crippen LogP) is 3.41. The molecule has 3 heterocycles. The van der Waals surface area contributed by atoms with Crippen molar-refractivity contribution in [1.82, 2.24) is 15.2 Å². The van der Waals surface area contributed by atoms with Gasteiger partial charge in [-0.2, -0.15) is 13.2 Å². The van der Waals surface area contributed by atoms with Crippen molar-refractivity contribution in [2.75, 3.05) is 39.4 Å². The smallest absolute Gasteiger partial charge is 0.416 e. The van der Waals surface area contributed by atoms with E-state index in [0.717, 1.165) is 30.8 Å². The lowest BCUT2D eigenvalue weighted by atomic mass is 9.79. The molecule has 3 aliphatic rings. The molecule has 0 saturated carbocycles. The minimum Gasteiger partial charge on any atom is -0.480 e. The number of hydrogen-bond acceptors (Lipinski definition) is 7. The van der Waals surface area contributed by atoms with Gasteiger partial charge in [0.15, 0.2) is 6.10 Å². The van der Waals surface area contributed by atoms with Crippen LogP contribution in [0.15, 0.2) is 54.3 Å². The summed E-state index contributed by atoms with van der Waals surface area (Å²) in [7, 11) is 0. The van der Waals surface area contributed by atoms with Crippen LogP contribution in [0.1, 0.15) is 35.1 Å². The number of carbonyl (C=O) groups is 2. The molecule has 2 unspecified atom stereocenters. The predicted molar refractivity (Wildman–Crippen MR) is 143 cm³/mol. The number of halogens is 3. The molecule has 0 radical (unpaired) electrons. The molecular weight excluding hydrogens is 541 g/mol. The first-order valence-electron chi connectivity index (χ1n) is 13.4. The Bertz CT molecular complexity index is 1350. The number of rotatable bonds is 8.